The SMILES string of the molecule is CC[C@@](O)(C=O)c1cc2n(c(=O)c1COC)Cc1c-2nc2cc(F)c(C)c3c2c1C(O)CS3. The first kappa shape index (κ1) is 22.2. The molecule has 0 radical (unpaired) electrons. The van der Waals surface area contributed by atoms with Crippen LogP contribution in [-0.4, -0.2) is 38.9 Å². The maximum Gasteiger partial charge on any atom is 0.257 e. The maximum atomic E-state index is 14.7. The molecule has 0 spiro atoms. The van der Waals surface area contributed by atoms with Crippen LogP contribution in [0.4, 0.5) is 4.39 Å². The Morgan fingerprint density at radius 1 is 1.42 bits per heavy atom. The van der Waals surface area contributed by atoms with E-state index >= 15 is 0 Å². The van der Waals surface area contributed by atoms with Crippen molar-refractivity contribution in [1.29, 1.82) is 0 Å². The highest BCUT2D eigenvalue weighted by Crippen LogP contribution is 2.47. The molecule has 2 atom stereocenters. The molecule has 2 aliphatic heterocycles. The number of ether oxygens (including phenoxy) is 1. The fourth-order valence-electron chi connectivity index (χ4n) is 4.90. The highest BCUT2D eigenvalue weighted by atomic mass is 32.2. The molecular weight excluding hydrogens is 447 g/mol. The average molecular weight is 471 g/mol. The fourth-order valence-corrected chi connectivity index (χ4v) is 6.07. The Morgan fingerprint density at radius 2 is 2.18 bits per heavy atom. The second-order valence-electron chi connectivity index (χ2n) is 8.53. The number of thioether (sulfide) groups is 1. The highest BCUT2D eigenvalue weighted by Gasteiger charge is 2.37. The molecule has 2 aromatic heterocycles. The summed E-state index contributed by atoms with van der Waals surface area (Å²) in [7, 11) is 1.44. The third-order valence-corrected chi connectivity index (χ3v) is 8.01. The van der Waals surface area contributed by atoms with Crippen molar-refractivity contribution in [3.8, 4) is 11.4 Å². The number of aldehydes is 1. The minimum atomic E-state index is -1.86. The number of fused-ring (bicyclic) bond motifs is 4. The van der Waals surface area contributed by atoms with Gasteiger partial charge in [-0.2, -0.15) is 0 Å². The van der Waals surface area contributed by atoms with Gasteiger partial charge in [-0.3, -0.25) is 9.59 Å². The van der Waals surface area contributed by atoms with E-state index in [0.717, 1.165) is 4.90 Å². The number of methoxy groups -OCH3 is 1. The summed E-state index contributed by atoms with van der Waals surface area (Å²) in [6, 6.07) is 2.95. The second-order valence-corrected chi connectivity index (χ2v) is 9.56. The lowest BCUT2D eigenvalue weighted by molar-refractivity contribution is -0.125. The molecule has 0 bridgehead atoms. The second kappa shape index (κ2) is 7.73. The number of halogens is 1. The van der Waals surface area contributed by atoms with Gasteiger partial charge in [0.1, 0.15) is 11.4 Å². The van der Waals surface area contributed by atoms with Crippen molar-refractivity contribution in [3.05, 3.63) is 56.1 Å². The van der Waals surface area contributed by atoms with E-state index in [2.05, 4.69) is 0 Å². The first-order valence-corrected chi connectivity index (χ1v) is 11.7. The van der Waals surface area contributed by atoms with Gasteiger partial charge < -0.3 is 19.5 Å². The Hall–Kier alpha value is -2.59. The van der Waals surface area contributed by atoms with Crippen LogP contribution in [0.3, 0.4) is 0 Å². The molecule has 33 heavy (non-hydrogen) atoms. The van der Waals surface area contributed by atoms with Crippen LogP contribution in [0.15, 0.2) is 21.8 Å². The van der Waals surface area contributed by atoms with Crippen LogP contribution in [-0.2, 0) is 28.3 Å². The Balaban J connectivity index is 1.87. The van der Waals surface area contributed by atoms with Gasteiger partial charge >= 0.3 is 0 Å². The summed E-state index contributed by atoms with van der Waals surface area (Å²) in [6.45, 7) is 3.47. The van der Waals surface area contributed by atoms with Gasteiger partial charge in [0.2, 0.25) is 0 Å². The molecule has 3 aromatic rings. The standard InChI is InChI=1S/C24H23FN2O5S/c1-4-24(31,10-28)14-5-17-21-12(7-27(17)23(30)13(14)8-32-3)19-18(29)9-33-22-11(2)15(25)6-16(26-21)20(19)22/h5-6,10,18,29,31H,4,7-9H2,1-3H3/t18?,24-/m1/s1. The van der Waals surface area contributed by atoms with Gasteiger partial charge in [-0.1, -0.05) is 6.92 Å². The maximum absolute atomic E-state index is 14.7. The lowest BCUT2D eigenvalue weighted by Crippen LogP contribution is -2.34. The first-order chi connectivity index (χ1) is 15.8. The zero-order valence-corrected chi connectivity index (χ0v) is 19.3. The molecule has 0 saturated carbocycles. The number of hydrogen-bond acceptors (Lipinski definition) is 7. The van der Waals surface area contributed by atoms with Crippen molar-refractivity contribution in [2.45, 2.75) is 50.0 Å². The summed E-state index contributed by atoms with van der Waals surface area (Å²) in [5.41, 5.74) is 1.26. The smallest absolute Gasteiger partial charge is 0.257 e. The molecule has 172 valence electrons. The number of aliphatic hydroxyl groups is 2. The normalized spacial score (nSPS) is 18.2. The molecule has 0 fully saturated rings. The zero-order chi connectivity index (χ0) is 23.7. The van der Waals surface area contributed by atoms with Crippen molar-refractivity contribution in [2.75, 3.05) is 12.9 Å². The summed E-state index contributed by atoms with van der Waals surface area (Å²) < 4.78 is 21.4. The van der Waals surface area contributed by atoms with E-state index < -0.39 is 17.3 Å². The van der Waals surface area contributed by atoms with Gasteiger partial charge in [0.05, 0.1) is 36.2 Å². The van der Waals surface area contributed by atoms with E-state index in [4.69, 9.17) is 9.72 Å². The van der Waals surface area contributed by atoms with E-state index in [1.807, 2.05) is 0 Å². The predicted molar refractivity (Wildman–Crippen MR) is 122 cm³/mol. The lowest BCUT2D eigenvalue weighted by atomic mass is 9.88. The van der Waals surface area contributed by atoms with Crippen molar-refractivity contribution in [2.24, 2.45) is 0 Å². The van der Waals surface area contributed by atoms with E-state index in [-0.39, 0.29) is 36.5 Å². The van der Waals surface area contributed by atoms with Crippen molar-refractivity contribution in [1.82, 2.24) is 9.55 Å². The molecule has 7 nitrogen and oxygen atoms in total. The van der Waals surface area contributed by atoms with Crippen LogP contribution in [0.1, 0.15) is 47.3 Å². The van der Waals surface area contributed by atoms with Crippen LogP contribution in [0.5, 0.6) is 0 Å². The number of pyridine rings is 2. The Bertz CT molecular complexity index is 1400. The van der Waals surface area contributed by atoms with Crippen LogP contribution < -0.4 is 5.56 Å². The van der Waals surface area contributed by atoms with E-state index in [9.17, 15) is 24.2 Å². The summed E-state index contributed by atoms with van der Waals surface area (Å²) in [4.78, 5) is 30.8. The van der Waals surface area contributed by atoms with Gasteiger partial charge in [0.25, 0.3) is 5.56 Å². The minimum Gasteiger partial charge on any atom is -0.388 e. The van der Waals surface area contributed by atoms with Crippen LogP contribution in [0.25, 0.3) is 22.3 Å². The van der Waals surface area contributed by atoms with Crippen LogP contribution in [0, 0.1) is 12.7 Å². The molecule has 1 aromatic carbocycles. The fraction of sp³-hybridized carbons (Fsp3) is 0.375. The molecule has 2 N–H and O–H groups in total. The van der Waals surface area contributed by atoms with Gasteiger partial charge in [0, 0.05) is 45.9 Å². The number of hydrogen-bond donors (Lipinski definition) is 2. The number of nitrogens with zero attached hydrogens (tertiary/aromatic N) is 2. The monoisotopic (exact) mass is 470 g/mol. The Labute approximate surface area is 193 Å². The zero-order valence-electron chi connectivity index (χ0n) is 18.4. The summed E-state index contributed by atoms with van der Waals surface area (Å²) in [5, 5.41) is 22.6. The number of carbonyl (C=O) groups excluding carboxylic acids is 1. The summed E-state index contributed by atoms with van der Waals surface area (Å²) in [5.74, 6) is -0.0118. The molecule has 0 saturated heterocycles. The van der Waals surface area contributed by atoms with Gasteiger partial charge in [-0.15, -0.1) is 11.8 Å². The van der Waals surface area contributed by atoms with Crippen molar-refractivity contribution in [3.63, 3.8) is 0 Å². The largest absolute Gasteiger partial charge is 0.388 e. The van der Waals surface area contributed by atoms with Crippen LogP contribution >= 0.6 is 11.8 Å². The topological polar surface area (TPSA) is 102 Å². The number of benzene rings is 1. The predicted octanol–water partition coefficient (Wildman–Crippen LogP) is 2.95. The van der Waals surface area contributed by atoms with Gasteiger partial charge in [-0.05, 0) is 30.5 Å². The molecule has 0 amide bonds. The molecular formula is C24H23FN2O5S. The summed E-state index contributed by atoms with van der Waals surface area (Å²) in [6.07, 6.45) is -0.294. The van der Waals surface area contributed by atoms with E-state index in [1.165, 1.54) is 29.5 Å². The number of aliphatic hydroxyl groups excluding tert-OH is 1. The third-order valence-electron chi connectivity index (χ3n) is 6.72. The number of aromatic nitrogens is 2. The lowest BCUT2D eigenvalue weighted by Gasteiger charge is -2.25. The Kier molecular flexibility index (Phi) is 5.20. The van der Waals surface area contributed by atoms with Crippen molar-refractivity contribution < 1.29 is 24.1 Å². The molecule has 1 unspecified atom stereocenters. The molecule has 9 heteroatoms. The quantitative estimate of drug-likeness (QED) is 0.433. The third kappa shape index (κ3) is 3.03. The summed E-state index contributed by atoms with van der Waals surface area (Å²) >= 11 is 1.40. The minimum absolute atomic E-state index is 0.0724. The highest BCUT2D eigenvalue weighted by molar-refractivity contribution is 7.99. The van der Waals surface area contributed by atoms with E-state index in [0.29, 0.717) is 51.0 Å². The Morgan fingerprint density at radius 3 is 2.85 bits per heavy atom. The van der Waals surface area contributed by atoms with Gasteiger partial charge in [0.15, 0.2) is 6.29 Å². The molecule has 0 aliphatic carbocycles. The molecule has 5 rings (SSSR count). The molecule has 2 aliphatic rings. The average Bonchev–Trinajstić information content (AvgIpc) is 3.18. The molecule has 4 heterocycles. The number of rotatable bonds is 5. The van der Waals surface area contributed by atoms with Crippen LogP contribution in [0.2, 0.25) is 0 Å². The van der Waals surface area contributed by atoms with Gasteiger partial charge in [-0.25, -0.2) is 9.37 Å². The number of carbonyl (C=O) groups is 1. The van der Waals surface area contributed by atoms with E-state index in [1.54, 1.807) is 19.9 Å². The first-order valence-electron chi connectivity index (χ1n) is 10.7. The van der Waals surface area contributed by atoms with Crippen molar-refractivity contribution >= 4 is 29.0 Å².